The summed E-state index contributed by atoms with van der Waals surface area (Å²) in [4.78, 5) is 18.3. The summed E-state index contributed by atoms with van der Waals surface area (Å²) in [7, 11) is 1.57. The van der Waals surface area contributed by atoms with Crippen LogP contribution in [0.5, 0.6) is 0 Å². The fourth-order valence-corrected chi connectivity index (χ4v) is 12.0. The lowest BCUT2D eigenvalue weighted by molar-refractivity contribution is -0.318. The molecule has 0 amide bonds. The topological polar surface area (TPSA) is 254 Å². The van der Waals surface area contributed by atoms with Crippen LogP contribution in [0.3, 0.4) is 0 Å². The van der Waals surface area contributed by atoms with Crippen molar-refractivity contribution in [1.82, 2.24) is 24.8 Å². The minimum atomic E-state index is -3.52. The monoisotopic (exact) mass is 1090 g/mol. The van der Waals surface area contributed by atoms with Crippen LogP contribution in [-0.2, 0) is 54.2 Å². The van der Waals surface area contributed by atoms with Crippen LogP contribution in [0.1, 0.15) is 118 Å². The standard InChI is InChI=1S/C52H87F2N5O15S/c1-15-40-52(10,65)45(61)33(6)58(12)26-29(2)23-50(8,64)47(31(4)43(32(5)48(63)72-40)73-41-24-51(9,68-13)46(62)34(7)71-41)74-49-42(60)38(22-30(3)70-49)57(11)21-20-36-27-59(56-55-36)39(25-53)44(69-28-54)35-16-18-37(19-17-35)75(14,66)67/h16-19,27,29-34,38-47,49,60-62,64-65H,15,20-26,28H2,1-14H3/t29-,30-,31+,32-,33-,34+,38+,39-,40-,41+,42-,43+,44-,45-,46+,47-,49+,50-,51-,52-/m1/s1. The second kappa shape index (κ2) is 25.9. The van der Waals surface area contributed by atoms with E-state index in [1.807, 2.05) is 30.7 Å². The SMILES string of the molecule is CC[C@H]1OC(=O)[C@H](C)[C@@H](O[C@H]2C[C@@](C)(OC)[C@@H](O)[C@H](C)O2)[C@H](C)[C@@H](O[C@@H]2O[C@H](C)C[C@H](N(C)CCc3cn([C@H](CF)[C@H](OCF)c4ccc(S(C)(=O)=O)cc4)nn3)[C@H]2O)[C@](C)(O)C[C@@H](C)CN(C)[C@H](C)[C@@H](O)[C@]1(C)O. The molecule has 75 heavy (non-hydrogen) atoms. The zero-order chi connectivity index (χ0) is 56.1. The van der Waals surface area contributed by atoms with E-state index in [0.29, 0.717) is 30.8 Å². The van der Waals surface area contributed by atoms with Crippen molar-refractivity contribution in [3.8, 4) is 0 Å². The number of rotatable bonds is 17. The zero-order valence-corrected chi connectivity index (χ0v) is 47.1. The lowest BCUT2D eigenvalue weighted by Crippen LogP contribution is -2.61. The predicted molar refractivity (Wildman–Crippen MR) is 271 cm³/mol. The molecule has 0 unspecified atom stereocenters. The highest BCUT2D eigenvalue weighted by Crippen LogP contribution is 2.41. The highest BCUT2D eigenvalue weighted by molar-refractivity contribution is 7.90. The van der Waals surface area contributed by atoms with E-state index in [0.717, 1.165) is 6.26 Å². The summed E-state index contributed by atoms with van der Waals surface area (Å²) in [5.41, 5.74) is -3.88. The van der Waals surface area contributed by atoms with E-state index in [4.69, 9.17) is 33.2 Å². The van der Waals surface area contributed by atoms with Crippen LogP contribution < -0.4 is 0 Å². The molecule has 430 valence electrons. The van der Waals surface area contributed by atoms with Crippen molar-refractivity contribution in [2.24, 2.45) is 17.8 Å². The first-order valence-electron chi connectivity index (χ1n) is 26.2. The number of hydrogen-bond donors (Lipinski definition) is 5. The molecule has 0 spiro atoms. The number of benzene rings is 1. The highest BCUT2D eigenvalue weighted by Gasteiger charge is 2.53. The Morgan fingerprint density at radius 2 is 1.63 bits per heavy atom. The van der Waals surface area contributed by atoms with Crippen LogP contribution in [0.2, 0.25) is 0 Å². The molecule has 0 saturated carbocycles. The molecule has 0 aliphatic carbocycles. The molecular weight excluding hydrogens is 1000 g/mol. The number of cyclic esters (lactones) is 1. The van der Waals surface area contributed by atoms with Gasteiger partial charge in [0.15, 0.2) is 29.3 Å². The van der Waals surface area contributed by atoms with Crippen molar-refractivity contribution in [2.75, 3.05) is 54.1 Å². The molecule has 1 aromatic carbocycles. The minimum absolute atomic E-state index is 0.0395. The molecule has 2 aromatic rings. The van der Waals surface area contributed by atoms with Crippen LogP contribution >= 0.6 is 0 Å². The first kappa shape index (κ1) is 63.0. The van der Waals surface area contributed by atoms with Gasteiger partial charge >= 0.3 is 5.97 Å². The molecule has 20 atom stereocenters. The summed E-state index contributed by atoms with van der Waals surface area (Å²) in [6.07, 6.45) is -8.28. The van der Waals surface area contributed by atoms with Gasteiger partial charge in [-0.15, -0.1) is 5.10 Å². The summed E-state index contributed by atoms with van der Waals surface area (Å²) in [5, 5.41) is 68.1. The Hall–Kier alpha value is -2.88. The maximum Gasteiger partial charge on any atom is 0.311 e. The molecule has 0 bridgehead atoms. The van der Waals surface area contributed by atoms with Crippen LogP contribution in [0.15, 0.2) is 35.4 Å². The number of methoxy groups -OCH3 is 1. The van der Waals surface area contributed by atoms with E-state index in [1.165, 1.54) is 49.2 Å². The van der Waals surface area contributed by atoms with Crippen molar-refractivity contribution < 1.29 is 80.7 Å². The normalized spacial score (nSPS) is 39.1. The number of hydrogen-bond acceptors (Lipinski definition) is 19. The van der Waals surface area contributed by atoms with Crippen molar-refractivity contribution in [3.63, 3.8) is 0 Å². The van der Waals surface area contributed by atoms with Crippen LogP contribution in [0.4, 0.5) is 8.78 Å². The average Bonchev–Trinajstić information content (AvgIpc) is 3.82. The molecule has 5 N–H and O–H groups in total. The quantitative estimate of drug-likeness (QED) is 0.142. The number of esters is 1. The van der Waals surface area contributed by atoms with Gasteiger partial charge in [0.1, 0.15) is 48.8 Å². The van der Waals surface area contributed by atoms with Gasteiger partial charge in [0, 0.05) is 63.5 Å². The number of aliphatic hydroxyl groups excluding tert-OH is 3. The molecule has 3 saturated heterocycles. The second-order valence-electron chi connectivity index (χ2n) is 22.4. The summed E-state index contributed by atoms with van der Waals surface area (Å²) < 4.78 is 97.3. The van der Waals surface area contributed by atoms with Gasteiger partial charge in [0.25, 0.3) is 0 Å². The Labute approximate surface area is 442 Å². The molecule has 20 nitrogen and oxygen atoms in total. The number of likely N-dealkylation sites (N-methyl/N-ethyl adjacent to an activating group) is 2. The van der Waals surface area contributed by atoms with E-state index in [2.05, 4.69) is 10.3 Å². The van der Waals surface area contributed by atoms with E-state index >= 15 is 0 Å². The number of aromatic nitrogens is 3. The minimum Gasteiger partial charge on any atom is -0.459 e. The summed E-state index contributed by atoms with van der Waals surface area (Å²) >= 11 is 0. The molecule has 5 rings (SSSR count). The molecule has 4 heterocycles. The maximum atomic E-state index is 14.8. The van der Waals surface area contributed by atoms with Crippen LogP contribution in [-0.4, -0.2) is 209 Å². The van der Waals surface area contributed by atoms with Crippen LogP contribution in [0, 0.1) is 17.8 Å². The Balaban J connectivity index is 1.44. The first-order valence-corrected chi connectivity index (χ1v) is 28.0. The van der Waals surface area contributed by atoms with Crippen molar-refractivity contribution in [3.05, 3.63) is 41.7 Å². The van der Waals surface area contributed by atoms with Gasteiger partial charge in [-0.2, -0.15) is 0 Å². The van der Waals surface area contributed by atoms with E-state index in [9.17, 15) is 47.5 Å². The molecule has 3 fully saturated rings. The first-order chi connectivity index (χ1) is 34.9. The van der Waals surface area contributed by atoms with Crippen molar-refractivity contribution in [2.45, 2.75) is 209 Å². The van der Waals surface area contributed by atoms with Gasteiger partial charge in [-0.1, -0.05) is 38.1 Å². The van der Waals surface area contributed by atoms with E-state index in [-0.39, 0.29) is 36.5 Å². The number of halogens is 2. The number of alkyl halides is 2. The third-order valence-electron chi connectivity index (χ3n) is 16.1. The number of nitrogens with zero attached hydrogens (tertiary/aromatic N) is 5. The number of carbonyl (C=O) groups excluding carboxylic acids is 1. The Morgan fingerprint density at radius 3 is 2.21 bits per heavy atom. The van der Waals surface area contributed by atoms with Gasteiger partial charge in [-0.25, -0.2) is 21.9 Å². The summed E-state index contributed by atoms with van der Waals surface area (Å²) in [6, 6.07) is 3.24. The summed E-state index contributed by atoms with van der Waals surface area (Å²) in [6.45, 7) is 15.6. The third kappa shape index (κ3) is 14.9. The Kier molecular flexibility index (Phi) is 21.8. The zero-order valence-electron chi connectivity index (χ0n) is 46.3. The van der Waals surface area contributed by atoms with Crippen molar-refractivity contribution >= 4 is 15.8 Å². The highest BCUT2D eigenvalue weighted by atomic mass is 32.2. The Bertz CT molecular complexity index is 2230. The van der Waals surface area contributed by atoms with Gasteiger partial charge in [-0.05, 0) is 105 Å². The molecular formula is C52H87F2N5O15S. The number of aliphatic hydroxyl groups is 5. The van der Waals surface area contributed by atoms with Crippen molar-refractivity contribution in [1.29, 1.82) is 0 Å². The van der Waals surface area contributed by atoms with Gasteiger partial charge in [0.05, 0.1) is 52.1 Å². The lowest BCUT2D eigenvalue weighted by atomic mass is 9.77. The Morgan fingerprint density at radius 1 is 0.973 bits per heavy atom. The van der Waals surface area contributed by atoms with Gasteiger partial charge in [0.2, 0.25) is 0 Å². The fraction of sp³-hybridized carbons (Fsp3) is 0.827. The number of ether oxygens (including phenoxy) is 7. The lowest BCUT2D eigenvalue weighted by Gasteiger charge is -2.49. The molecule has 0 radical (unpaired) electrons. The maximum absolute atomic E-state index is 14.8. The predicted octanol–water partition coefficient (Wildman–Crippen LogP) is 3.70. The summed E-state index contributed by atoms with van der Waals surface area (Å²) in [5.74, 6) is -3.01. The largest absolute Gasteiger partial charge is 0.459 e. The second-order valence-corrected chi connectivity index (χ2v) is 24.4. The van der Waals surface area contributed by atoms with E-state index in [1.54, 1.807) is 55.5 Å². The van der Waals surface area contributed by atoms with Gasteiger partial charge in [-0.3, -0.25) is 4.79 Å². The molecule has 1 aromatic heterocycles. The van der Waals surface area contributed by atoms with E-state index < -0.39 is 144 Å². The average molecular weight is 1090 g/mol. The molecule has 3 aliphatic heterocycles. The number of carbonyl (C=O) groups is 1. The van der Waals surface area contributed by atoms with Crippen LogP contribution in [0.25, 0.3) is 0 Å². The number of sulfone groups is 1. The van der Waals surface area contributed by atoms with Gasteiger partial charge < -0.3 is 68.5 Å². The molecule has 3 aliphatic rings. The fourth-order valence-electron chi connectivity index (χ4n) is 11.4. The smallest absolute Gasteiger partial charge is 0.311 e. The molecule has 23 heteroatoms. The third-order valence-corrected chi connectivity index (χ3v) is 17.2.